The number of hydrogen-bond donors (Lipinski definition) is 2. The van der Waals surface area contributed by atoms with E-state index < -0.39 is 0 Å². The van der Waals surface area contributed by atoms with Crippen LogP contribution in [0.1, 0.15) is 27.2 Å². The summed E-state index contributed by atoms with van der Waals surface area (Å²) in [5.74, 6) is -0.237. The van der Waals surface area contributed by atoms with Crippen LogP contribution >= 0.6 is 0 Å². The lowest BCUT2D eigenvalue weighted by Crippen LogP contribution is -2.35. The van der Waals surface area contributed by atoms with Gasteiger partial charge in [0.1, 0.15) is 0 Å². The molecular formula is C21H23N5O2. The van der Waals surface area contributed by atoms with E-state index in [9.17, 15) is 9.59 Å². The first-order chi connectivity index (χ1) is 13.3. The van der Waals surface area contributed by atoms with E-state index in [-0.39, 0.29) is 11.9 Å². The lowest BCUT2D eigenvalue weighted by molar-refractivity contribution is 0.102. The van der Waals surface area contributed by atoms with Gasteiger partial charge in [-0.2, -0.15) is 0 Å². The fourth-order valence-corrected chi connectivity index (χ4v) is 3.35. The molecule has 0 bridgehead atoms. The van der Waals surface area contributed by atoms with E-state index in [1.807, 2.05) is 39.0 Å². The molecule has 2 aromatic heterocycles. The van der Waals surface area contributed by atoms with Crippen LogP contribution in [0.25, 0.3) is 10.9 Å². The number of rotatable bonds is 3. The van der Waals surface area contributed by atoms with Crippen LogP contribution in [-0.4, -0.2) is 36.0 Å². The van der Waals surface area contributed by atoms with Crippen LogP contribution in [0, 0.1) is 20.8 Å². The number of nitrogens with zero attached hydrogens (tertiary/aromatic N) is 3. The summed E-state index contributed by atoms with van der Waals surface area (Å²) in [6.07, 6.45) is 3.39. The molecule has 7 heteroatoms. The van der Waals surface area contributed by atoms with Crippen LogP contribution in [-0.2, 0) is 0 Å². The summed E-state index contributed by atoms with van der Waals surface area (Å²) in [4.78, 5) is 35.3. The topological polar surface area (TPSA) is 87.2 Å². The molecule has 28 heavy (non-hydrogen) atoms. The third-order valence-electron chi connectivity index (χ3n) is 4.73. The maximum Gasteiger partial charge on any atom is 0.321 e. The molecule has 3 amide bonds. The standard InChI is InChI=1S/C21H23N5O2/c1-12-9-10-23-14(3)17(12)20(27)25-16-8-6-7-15-18(16)24-11-13(2)19(15)26(5)21(28)22-4/h6-11H,1-5H3,(H,22,28)(H,25,27). The van der Waals surface area contributed by atoms with Gasteiger partial charge in [0.15, 0.2) is 0 Å². The Labute approximate surface area is 163 Å². The Hall–Kier alpha value is -3.48. The molecule has 2 N–H and O–H groups in total. The van der Waals surface area contributed by atoms with Crippen molar-refractivity contribution in [2.45, 2.75) is 20.8 Å². The average molecular weight is 377 g/mol. The summed E-state index contributed by atoms with van der Waals surface area (Å²) in [6.45, 7) is 5.59. The highest BCUT2D eigenvalue weighted by atomic mass is 16.2. The maximum absolute atomic E-state index is 12.9. The summed E-state index contributed by atoms with van der Waals surface area (Å²) in [5, 5.41) is 6.36. The summed E-state index contributed by atoms with van der Waals surface area (Å²) in [7, 11) is 3.29. The van der Waals surface area contributed by atoms with E-state index in [2.05, 4.69) is 20.6 Å². The van der Waals surface area contributed by atoms with E-state index in [1.54, 1.807) is 37.5 Å². The zero-order valence-corrected chi connectivity index (χ0v) is 16.6. The normalized spacial score (nSPS) is 10.6. The van der Waals surface area contributed by atoms with Gasteiger partial charge >= 0.3 is 6.03 Å². The van der Waals surface area contributed by atoms with Crippen molar-refractivity contribution in [3.63, 3.8) is 0 Å². The van der Waals surface area contributed by atoms with Gasteiger partial charge in [0, 0.05) is 31.9 Å². The highest BCUT2D eigenvalue weighted by Crippen LogP contribution is 2.32. The summed E-state index contributed by atoms with van der Waals surface area (Å²) in [6, 6.07) is 7.10. The Balaban J connectivity index is 2.09. The minimum absolute atomic E-state index is 0.230. The number of hydrogen-bond acceptors (Lipinski definition) is 4. The number of para-hydroxylation sites is 1. The lowest BCUT2D eigenvalue weighted by Gasteiger charge is -2.21. The Morgan fingerprint density at radius 2 is 1.79 bits per heavy atom. The second kappa shape index (κ2) is 7.64. The van der Waals surface area contributed by atoms with Crippen molar-refractivity contribution < 1.29 is 9.59 Å². The Morgan fingerprint density at radius 3 is 2.46 bits per heavy atom. The molecule has 0 fully saturated rings. The second-order valence-corrected chi connectivity index (χ2v) is 6.65. The predicted molar refractivity (Wildman–Crippen MR) is 111 cm³/mol. The van der Waals surface area contributed by atoms with Crippen molar-refractivity contribution in [3.8, 4) is 0 Å². The van der Waals surface area contributed by atoms with Crippen molar-refractivity contribution in [1.29, 1.82) is 0 Å². The van der Waals surface area contributed by atoms with Gasteiger partial charge < -0.3 is 10.6 Å². The number of nitrogens with one attached hydrogen (secondary N) is 2. The second-order valence-electron chi connectivity index (χ2n) is 6.65. The molecule has 0 saturated carbocycles. The molecule has 1 aromatic carbocycles. The van der Waals surface area contributed by atoms with Crippen molar-refractivity contribution in [3.05, 3.63) is 59.0 Å². The molecule has 2 heterocycles. The van der Waals surface area contributed by atoms with Gasteiger partial charge in [-0.15, -0.1) is 0 Å². The Morgan fingerprint density at radius 1 is 1.04 bits per heavy atom. The van der Waals surface area contributed by atoms with Crippen LogP contribution in [0.4, 0.5) is 16.2 Å². The highest BCUT2D eigenvalue weighted by Gasteiger charge is 2.19. The number of aryl methyl sites for hydroxylation is 3. The molecule has 3 rings (SSSR count). The number of pyridine rings is 2. The zero-order chi connectivity index (χ0) is 20.4. The van der Waals surface area contributed by atoms with Gasteiger partial charge in [0.05, 0.1) is 28.1 Å². The lowest BCUT2D eigenvalue weighted by atomic mass is 10.1. The van der Waals surface area contributed by atoms with E-state index in [0.717, 1.165) is 22.2 Å². The Bertz CT molecular complexity index is 1060. The summed E-state index contributed by atoms with van der Waals surface area (Å²) >= 11 is 0. The van der Waals surface area contributed by atoms with Gasteiger partial charge in [0.25, 0.3) is 5.91 Å². The smallest absolute Gasteiger partial charge is 0.321 e. The predicted octanol–water partition coefficient (Wildman–Crippen LogP) is 3.58. The van der Waals surface area contributed by atoms with E-state index in [4.69, 9.17) is 0 Å². The molecule has 0 spiro atoms. The average Bonchev–Trinajstić information content (AvgIpc) is 2.66. The van der Waals surface area contributed by atoms with Crippen LogP contribution < -0.4 is 15.5 Å². The number of carbonyl (C=O) groups excluding carboxylic acids is 2. The van der Waals surface area contributed by atoms with Gasteiger partial charge in [-0.25, -0.2) is 4.79 Å². The van der Waals surface area contributed by atoms with Gasteiger partial charge in [0.2, 0.25) is 0 Å². The van der Waals surface area contributed by atoms with Gasteiger partial charge in [-0.1, -0.05) is 12.1 Å². The molecule has 144 valence electrons. The molecule has 0 unspecified atom stereocenters. The van der Waals surface area contributed by atoms with Crippen LogP contribution in [0.5, 0.6) is 0 Å². The van der Waals surface area contributed by atoms with Gasteiger partial charge in [-0.3, -0.25) is 19.7 Å². The highest BCUT2D eigenvalue weighted by molar-refractivity contribution is 6.12. The molecule has 3 aromatic rings. The largest absolute Gasteiger partial charge is 0.341 e. The number of aromatic nitrogens is 2. The zero-order valence-electron chi connectivity index (χ0n) is 16.6. The number of benzene rings is 1. The number of carbonyl (C=O) groups is 2. The third-order valence-corrected chi connectivity index (χ3v) is 4.73. The van der Waals surface area contributed by atoms with Crippen molar-refractivity contribution in [1.82, 2.24) is 15.3 Å². The van der Waals surface area contributed by atoms with Crippen molar-refractivity contribution in [2.24, 2.45) is 0 Å². The number of anilines is 2. The molecule has 0 radical (unpaired) electrons. The fraction of sp³-hybridized carbons (Fsp3) is 0.238. The molecule has 0 saturated heterocycles. The molecular weight excluding hydrogens is 354 g/mol. The first kappa shape index (κ1) is 19.3. The number of fused-ring (bicyclic) bond motifs is 1. The van der Waals surface area contributed by atoms with E-state index in [1.165, 1.54) is 0 Å². The number of urea groups is 1. The van der Waals surface area contributed by atoms with Gasteiger partial charge in [-0.05, 0) is 44.0 Å². The fourth-order valence-electron chi connectivity index (χ4n) is 3.35. The minimum atomic E-state index is -0.237. The molecule has 0 aliphatic rings. The quantitative estimate of drug-likeness (QED) is 0.730. The molecule has 0 aliphatic heterocycles. The molecule has 0 atom stereocenters. The first-order valence-corrected chi connectivity index (χ1v) is 8.92. The van der Waals surface area contributed by atoms with Crippen LogP contribution in [0.2, 0.25) is 0 Å². The Kier molecular flexibility index (Phi) is 5.26. The summed E-state index contributed by atoms with van der Waals surface area (Å²) < 4.78 is 0. The monoisotopic (exact) mass is 377 g/mol. The number of amides is 3. The third kappa shape index (κ3) is 3.38. The van der Waals surface area contributed by atoms with E-state index in [0.29, 0.717) is 22.5 Å². The minimum Gasteiger partial charge on any atom is -0.341 e. The van der Waals surface area contributed by atoms with Crippen molar-refractivity contribution >= 4 is 34.2 Å². The summed E-state index contributed by atoms with van der Waals surface area (Å²) in [5.41, 5.74) is 4.88. The molecule has 7 nitrogen and oxygen atoms in total. The van der Waals surface area contributed by atoms with E-state index >= 15 is 0 Å². The van der Waals surface area contributed by atoms with Crippen LogP contribution in [0.15, 0.2) is 36.7 Å². The molecule has 0 aliphatic carbocycles. The van der Waals surface area contributed by atoms with Crippen LogP contribution in [0.3, 0.4) is 0 Å². The SMILES string of the molecule is CNC(=O)N(C)c1c(C)cnc2c(NC(=O)c3c(C)ccnc3C)cccc12. The van der Waals surface area contributed by atoms with Crippen molar-refractivity contribution in [2.75, 3.05) is 24.3 Å². The maximum atomic E-state index is 12.9. The first-order valence-electron chi connectivity index (χ1n) is 8.92.